The minimum Gasteiger partial charge on any atom is -0.490 e. The van der Waals surface area contributed by atoms with E-state index in [1.54, 1.807) is 37.3 Å². The molecule has 124 valence electrons. The molecule has 1 atom stereocenters. The van der Waals surface area contributed by atoms with Crippen LogP contribution in [0.2, 0.25) is 0 Å². The fourth-order valence-corrected chi connectivity index (χ4v) is 2.05. The Bertz CT molecular complexity index is 774. The topological polar surface area (TPSA) is 62.9 Å². The lowest BCUT2D eigenvalue weighted by atomic mass is 10.1. The van der Waals surface area contributed by atoms with Gasteiger partial charge in [0, 0.05) is 5.69 Å². The van der Waals surface area contributed by atoms with E-state index in [9.17, 15) is 9.90 Å². The predicted octanol–water partition coefficient (Wildman–Crippen LogP) is 3.62. The number of nitrogens with one attached hydrogen (secondary N) is 1. The van der Waals surface area contributed by atoms with Crippen LogP contribution in [-0.4, -0.2) is 23.2 Å². The van der Waals surface area contributed by atoms with Crippen molar-refractivity contribution >= 4 is 17.3 Å². The van der Waals surface area contributed by atoms with Crippen LogP contribution in [0.4, 0.5) is 11.4 Å². The van der Waals surface area contributed by atoms with Crippen molar-refractivity contribution in [3.05, 3.63) is 65.0 Å². The Morgan fingerprint density at radius 3 is 2.50 bits per heavy atom. The first-order valence-electron chi connectivity index (χ1n) is 7.53. The number of aliphatic hydroxyl groups is 1. The van der Waals surface area contributed by atoms with Crippen molar-refractivity contribution in [3.63, 3.8) is 0 Å². The molecule has 5 nitrogen and oxygen atoms in total. The maximum atomic E-state index is 12.3. The lowest BCUT2D eigenvalue weighted by Crippen LogP contribution is -2.45. The van der Waals surface area contributed by atoms with E-state index < -0.39 is 11.5 Å². The number of nitrogens with zero attached hydrogens (tertiary/aromatic N) is 1. The van der Waals surface area contributed by atoms with Crippen LogP contribution in [0.1, 0.15) is 18.1 Å². The maximum Gasteiger partial charge on any atom is 0.259 e. The summed E-state index contributed by atoms with van der Waals surface area (Å²) < 4.78 is 5.49. The molecular weight excluding hydrogens is 304 g/mol. The second kappa shape index (κ2) is 7.16. The molecule has 24 heavy (non-hydrogen) atoms. The molecule has 2 aromatic carbocycles. The molecule has 0 heterocycles. The number of carbonyl (C=O) groups excluding carboxylic acids is 1. The van der Waals surface area contributed by atoms with Crippen LogP contribution in [0, 0.1) is 20.4 Å². The first-order valence-corrected chi connectivity index (χ1v) is 7.53. The summed E-state index contributed by atoms with van der Waals surface area (Å²) in [6, 6.07) is 12.3. The number of amides is 1. The van der Waals surface area contributed by atoms with Gasteiger partial charge in [-0.25, -0.2) is 4.85 Å². The number of benzene rings is 2. The Morgan fingerprint density at radius 2 is 1.92 bits per heavy atom. The summed E-state index contributed by atoms with van der Waals surface area (Å²) in [6.07, 6.45) is 0. The van der Waals surface area contributed by atoms with Gasteiger partial charge in [-0.15, -0.1) is 0 Å². The number of ether oxygens (including phenoxy) is 1. The molecule has 0 saturated heterocycles. The van der Waals surface area contributed by atoms with E-state index in [-0.39, 0.29) is 6.61 Å². The summed E-state index contributed by atoms with van der Waals surface area (Å²) in [5.41, 5.74) is 1.24. The van der Waals surface area contributed by atoms with E-state index in [0.717, 1.165) is 11.1 Å². The third-order valence-electron chi connectivity index (χ3n) is 3.61. The van der Waals surface area contributed by atoms with Gasteiger partial charge in [-0.2, -0.15) is 0 Å². The third-order valence-corrected chi connectivity index (χ3v) is 3.61. The second-order valence-electron chi connectivity index (χ2n) is 5.94. The molecule has 0 aliphatic rings. The Hall–Kier alpha value is -2.84. The van der Waals surface area contributed by atoms with Crippen LogP contribution in [-0.2, 0) is 4.79 Å². The highest BCUT2D eigenvalue weighted by Gasteiger charge is 2.31. The van der Waals surface area contributed by atoms with Gasteiger partial charge in [0.1, 0.15) is 12.4 Å². The summed E-state index contributed by atoms with van der Waals surface area (Å²) >= 11 is 0. The molecule has 0 aliphatic carbocycles. The van der Waals surface area contributed by atoms with Crippen LogP contribution in [0.15, 0.2) is 42.5 Å². The number of hydrogen-bond donors (Lipinski definition) is 2. The van der Waals surface area contributed by atoms with Gasteiger partial charge in [0.05, 0.1) is 6.57 Å². The molecule has 0 aliphatic heterocycles. The quantitative estimate of drug-likeness (QED) is 0.826. The highest BCUT2D eigenvalue weighted by atomic mass is 16.5. The van der Waals surface area contributed by atoms with Crippen LogP contribution >= 0.6 is 0 Å². The van der Waals surface area contributed by atoms with Crippen molar-refractivity contribution in [2.75, 3.05) is 11.9 Å². The molecule has 2 rings (SSSR count). The van der Waals surface area contributed by atoms with Gasteiger partial charge in [0.2, 0.25) is 0 Å². The SMILES string of the molecule is [C-]#[N+]c1ccc(NC(=O)[C@@](C)(O)COc2ccc(C)cc2)cc1C. The molecule has 0 spiro atoms. The molecule has 2 N–H and O–H groups in total. The molecule has 0 aromatic heterocycles. The molecule has 0 bridgehead atoms. The van der Waals surface area contributed by atoms with Crippen molar-refractivity contribution in [3.8, 4) is 5.75 Å². The van der Waals surface area contributed by atoms with Crippen molar-refractivity contribution in [1.29, 1.82) is 0 Å². The largest absolute Gasteiger partial charge is 0.490 e. The van der Waals surface area contributed by atoms with Crippen molar-refractivity contribution in [2.45, 2.75) is 26.4 Å². The minimum absolute atomic E-state index is 0.166. The van der Waals surface area contributed by atoms with E-state index in [4.69, 9.17) is 11.3 Å². The Morgan fingerprint density at radius 1 is 1.25 bits per heavy atom. The summed E-state index contributed by atoms with van der Waals surface area (Å²) in [5.74, 6) is 0.0236. The van der Waals surface area contributed by atoms with E-state index in [1.807, 2.05) is 19.1 Å². The van der Waals surface area contributed by atoms with Gasteiger partial charge < -0.3 is 15.2 Å². The monoisotopic (exact) mass is 324 g/mol. The Kier molecular flexibility index (Phi) is 5.22. The normalized spacial score (nSPS) is 12.8. The molecular formula is C19H20N2O3. The maximum absolute atomic E-state index is 12.3. The molecule has 1 amide bonds. The van der Waals surface area contributed by atoms with Crippen LogP contribution in [0.5, 0.6) is 5.75 Å². The Balaban J connectivity index is 2.00. The van der Waals surface area contributed by atoms with E-state index in [1.165, 1.54) is 6.92 Å². The molecule has 0 fully saturated rings. The predicted molar refractivity (Wildman–Crippen MR) is 93.4 cm³/mol. The highest BCUT2D eigenvalue weighted by Crippen LogP contribution is 2.23. The van der Waals surface area contributed by atoms with Gasteiger partial charge in [0.15, 0.2) is 11.3 Å². The van der Waals surface area contributed by atoms with Crippen LogP contribution < -0.4 is 10.1 Å². The van der Waals surface area contributed by atoms with Gasteiger partial charge in [-0.3, -0.25) is 4.79 Å². The number of aryl methyl sites for hydroxylation is 2. The van der Waals surface area contributed by atoms with Crippen LogP contribution in [0.25, 0.3) is 4.85 Å². The number of carbonyl (C=O) groups is 1. The average Bonchev–Trinajstić information content (AvgIpc) is 2.54. The zero-order chi connectivity index (χ0) is 17.7. The number of anilines is 1. The zero-order valence-corrected chi connectivity index (χ0v) is 14.0. The summed E-state index contributed by atoms with van der Waals surface area (Å²) in [7, 11) is 0. The smallest absolute Gasteiger partial charge is 0.259 e. The van der Waals surface area contributed by atoms with Crippen molar-refractivity contribution in [1.82, 2.24) is 0 Å². The third kappa shape index (κ3) is 4.34. The molecule has 0 radical (unpaired) electrons. The standard InChI is InChI=1S/C19H20N2O3/c1-13-5-8-16(9-6-13)24-12-19(3,23)18(22)21-15-7-10-17(20-4)14(2)11-15/h5-11,23H,12H2,1-3H3,(H,21,22)/t19-/m0/s1. The number of rotatable bonds is 5. The lowest BCUT2D eigenvalue weighted by molar-refractivity contribution is -0.135. The summed E-state index contributed by atoms with van der Waals surface area (Å²) in [6.45, 7) is 12.0. The first kappa shape index (κ1) is 17.5. The minimum atomic E-state index is -1.68. The fourth-order valence-electron chi connectivity index (χ4n) is 2.05. The average molecular weight is 324 g/mol. The molecule has 2 aromatic rings. The van der Waals surface area contributed by atoms with Gasteiger partial charge in [-0.05, 0) is 50.6 Å². The summed E-state index contributed by atoms with van der Waals surface area (Å²) in [4.78, 5) is 15.6. The van der Waals surface area contributed by atoms with Gasteiger partial charge in [-0.1, -0.05) is 23.8 Å². The highest BCUT2D eigenvalue weighted by molar-refractivity contribution is 5.97. The molecule has 5 heteroatoms. The second-order valence-corrected chi connectivity index (χ2v) is 5.94. The first-order chi connectivity index (χ1) is 11.3. The van der Waals surface area contributed by atoms with Crippen molar-refractivity contribution < 1.29 is 14.6 Å². The molecule has 0 saturated carbocycles. The lowest BCUT2D eigenvalue weighted by Gasteiger charge is -2.22. The van der Waals surface area contributed by atoms with E-state index >= 15 is 0 Å². The molecule has 0 unspecified atom stereocenters. The Labute approximate surface area is 141 Å². The van der Waals surface area contributed by atoms with Gasteiger partial charge >= 0.3 is 0 Å². The van der Waals surface area contributed by atoms with Gasteiger partial charge in [0.25, 0.3) is 5.91 Å². The fraction of sp³-hybridized carbons (Fsp3) is 0.263. The number of hydrogen-bond acceptors (Lipinski definition) is 3. The zero-order valence-electron chi connectivity index (χ0n) is 14.0. The van der Waals surface area contributed by atoms with Crippen LogP contribution in [0.3, 0.4) is 0 Å². The van der Waals surface area contributed by atoms with E-state index in [2.05, 4.69) is 10.2 Å². The van der Waals surface area contributed by atoms with Crippen molar-refractivity contribution in [2.24, 2.45) is 0 Å². The van der Waals surface area contributed by atoms with E-state index in [0.29, 0.717) is 17.1 Å². The summed E-state index contributed by atoms with van der Waals surface area (Å²) in [5, 5.41) is 13.0.